The Morgan fingerprint density at radius 3 is 2.75 bits per heavy atom. The van der Waals surface area contributed by atoms with Gasteiger partial charge in [0.05, 0.1) is 18.2 Å². The van der Waals surface area contributed by atoms with Gasteiger partial charge in [0, 0.05) is 0 Å². The van der Waals surface area contributed by atoms with Gasteiger partial charge in [0.25, 0.3) is 5.91 Å². The van der Waals surface area contributed by atoms with Crippen LogP contribution in [0, 0.1) is 5.82 Å². The summed E-state index contributed by atoms with van der Waals surface area (Å²) in [5.74, 6) is -1.55. The molecule has 0 saturated carbocycles. The number of aliphatic hydroxyl groups excluding tert-OH is 1. The summed E-state index contributed by atoms with van der Waals surface area (Å²) >= 11 is 3.09. The van der Waals surface area contributed by atoms with Gasteiger partial charge in [-0.1, -0.05) is 0 Å². The summed E-state index contributed by atoms with van der Waals surface area (Å²) in [7, 11) is 1.14. The van der Waals surface area contributed by atoms with Gasteiger partial charge in [-0.25, -0.2) is 9.18 Å². The fraction of sp³-hybridized carbons (Fsp3) is 0.333. The zero-order chi connectivity index (χ0) is 15.1. The number of rotatable bonds is 6. The standard InChI is InChI=1S/C12H13BrFNO5/c1-19-12(18)9(5-16)15-11(17)6-20-10-3-2-7(14)4-8(10)13/h2-4,9,16H,5-6H2,1H3,(H,15,17)/t9-/m1/s1. The van der Waals surface area contributed by atoms with Gasteiger partial charge in [-0.15, -0.1) is 0 Å². The van der Waals surface area contributed by atoms with Gasteiger partial charge in [0.1, 0.15) is 11.6 Å². The molecule has 0 fully saturated rings. The van der Waals surface area contributed by atoms with Gasteiger partial charge in [-0.2, -0.15) is 0 Å². The highest BCUT2D eigenvalue weighted by atomic mass is 79.9. The molecule has 1 aromatic carbocycles. The van der Waals surface area contributed by atoms with Crippen molar-refractivity contribution in [2.45, 2.75) is 6.04 Å². The number of amides is 1. The zero-order valence-electron chi connectivity index (χ0n) is 10.6. The summed E-state index contributed by atoms with van der Waals surface area (Å²) in [6.07, 6.45) is 0. The van der Waals surface area contributed by atoms with Crippen LogP contribution in [0.25, 0.3) is 0 Å². The number of hydrogen-bond donors (Lipinski definition) is 2. The van der Waals surface area contributed by atoms with Crippen LogP contribution in [-0.2, 0) is 14.3 Å². The van der Waals surface area contributed by atoms with E-state index in [1.54, 1.807) is 0 Å². The van der Waals surface area contributed by atoms with Crippen LogP contribution < -0.4 is 10.1 Å². The normalized spacial score (nSPS) is 11.6. The van der Waals surface area contributed by atoms with E-state index in [1.165, 1.54) is 18.2 Å². The molecular weight excluding hydrogens is 337 g/mol. The highest BCUT2D eigenvalue weighted by Gasteiger charge is 2.20. The van der Waals surface area contributed by atoms with Crippen molar-refractivity contribution in [1.82, 2.24) is 5.32 Å². The molecule has 0 aromatic heterocycles. The number of halogens is 2. The van der Waals surface area contributed by atoms with E-state index in [0.29, 0.717) is 4.47 Å². The molecule has 2 N–H and O–H groups in total. The van der Waals surface area contributed by atoms with Crippen molar-refractivity contribution in [3.63, 3.8) is 0 Å². The zero-order valence-corrected chi connectivity index (χ0v) is 12.1. The summed E-state index contributed by atoms with van der Waals surface area (Å²) in [6.45, 7) is -0.976. The van der Waals surface area contributed by atoms with Crippen LogP contribution in [0.15, 0.2) is 22.7 Å². The Labute approximate surface area is 123 Å². The van der Waals surface area contributed by atoms with Crippen LogP contribution in [0.5, 0.6) is 5.75 Å². The number of methoxy groups -OCH3 is 1. The highest BCUT2D eigenvalue weighted by Crippen LogP contribution is 2.25. The third kappa shape index (κ3) is 4.78. The molecule has 0 aliphatic carbocycles. The summed E-state index contributed by atoms with van der Waals surface area (Å²) in [4.78, 5) is 22.7. The highest BCUT2D eigenvalue weighted by molar-refractivity contribution is 9.10. The number of hydrogen-bond acceptors (Lipinski definition) is 5. The van der Waals surface area contributed by atoms with Gasteiger partial charge in [0.15, 0.2) is 12.6 Å². The monoisotopic (exact) mass is 349 g/mol. The fourth-order valence-electron chi connectivity index (χ4n) is 1.29. The molecule has 1 amide bonds. The van der Waals surface area contributed by atoms with Crippen molar-refractivity contribution >= 4 is 27.8 Å². The first-order valence-corrected chi connectivity index (χ1v) is 6.33. The van der Waals surface area contributed by atoms with E-state index in [1.807, 2.05) is 0 Å². The van der Waals surface area contributed by atoms with E-state index in [-0.39, 0.29) is 5.75 Å². The third-order valence-corrected chi connectivity index (χ3v) is 2.88. The Morgan fingerprint density at radius 2 is 2.20 bits per heavy atom. The van der Waals surface area contributed by atoms with Crippen LogP contribution in [0.1, 0.15) is 0 Å². The van der Waals surface area contributed by atoms with E-state index in [4.69, 9.17) is 9.84 Å². The van der Waals surface area contributed by atoms with Crippen LogP contribution in [0.2, 0.25) is 0 Å². The lowest BCUT2D eigenvalue weighted by atomic mass is 10.3. The van der Waals surface area contributed by atoms with Crippen molar-refractivity contribution in [1.29, 1.82) is 0 Å². The Hall–Kier alpha value is -1.67. The number of carbonyl (C=O) groups is 2. The molecule has 6 nitrogen and oxygen atoms in total. The summed E-state index contributed by atoms with van der Waals surface area (Å²) in [6, 6.07) is 2.59. The number of benzene rings is 1. The molecule has 0 spiro atoms. The van der Waals surface area contributed by atoms with Crippen molar-refractivity contribution in [3.8, 4) is 5.75 Å². The number of esters is 1. The third-order valence-electron chi connectivity index (χ3n) is 2.26. The molecule has 8 heteroatoms. The smallest absolute Gasteiger partial charge is 0.330 e. The van der Waals surface area contributed by atoms with E-state index in [2.05, 4.69) is 26.0 Å². The van der Waals surface area contributed by atoms with Crippen LogP contribution in [0.3, 0.4) is 0 Å². The Bertz CT molecular complexity index is 497. The lowest BCUT2D eigenvalue weighted by molar-refractivity contribution is -0.146. The first-order chi connectivity index (χ1) is 9.47. The first kappa shape index (κ1) is 16.4. The molecule has 1 rings (SSSR count). The van der Waals surface area contributed by atoms with Gasteiger partial charge >= 0.3 is 5.97 Å². The van der Waals surface area contributed by atoms with E-state index < -0.39 is 36.9 Å². The molecule has 0 saturated heterocycles. The van der Waals surface area contributed by atoms with Crippen molar-refractivity contribution in [2.24, 2.45) is 0 Å². The molecule has 0 heterocycles. The summed E-state index contributed by atoms with van der Waals surface area (Å²) < 4.78 is 22.8. The van der Waals surface area contributed by atoms with Gasteiger partial charge in [-0.05, 0) is 34.1 Å². The molecule has 1 atom stereocenters. The Kier molecular flexibility index (Phi) is 6.40. The average Bonchev–Trinajstić information content (AvgIpc) is 2.43. The minimum Gasteiger partial charge on any atom is -0.483 e. The molecule has 0 aliphatic rings. The number of carbonyl (C=O) groups excluding carboxylic acids is 2. The topological polar surface area (TPSA) is 84.9 Å². The average molecular weight is 350 g/mol. The molecule has 0 aliphatic heterocycles. The molecule has 0 radical (unpaired) electrons. The molecular formula is C12H13BrFNO5. The van der Waals surface area contributed by atoms with Crippen molar-refractivity contribution in [3.05, 3.63) is 28.5 Å². The van der Waals surface area contributed by atoms with Gasteiger partial charge in [0.2, 0.25) is 0 Å². The molecule has 0 bridgehead atoms. The summed E-state index contributed by atoms with van der Waals surface area (Å²) in [5, 5.41) is 11.2. The largest absolute Gasteiger partial charge is 0.483 e. The number of nitrogens with one attached hydrogen (secondary N) is 1. The fourth-order valence-corrected chi connectivity index (χ4v) is 1.76. The molecule has 1 aromatic rings. The number of aliphatic hydroxyl groups is 1. The Morgan fingerprint density at radius 1 is 1.50 bits per heavy atom. The Balaban J connectivity index is 2.52. The molecule has 20 heavy (non-hydrogen) atoms. The summed E-state index contributed by atoms with van der Waals surface area (Å²) in [5.41, 5.74) is 0. The van der Waals surface area contributed by atoms with E-state index in [9.17, 15) is 14.0 Å². The minimum absolute atomic E-state index is 0.278. The first-order valence-electron chi connectivity index (χ1n) is 5.53. The minimum atomic E-state index is -1.15. The second-order valence-electron chi connectivity index (χ2n) is 3.69. The predicted molar refractivity (Wildman–Crippen MR) is 70.6 cm³/mol. The van der Waals surface area contributed by atoms with Crippen molar-refractivity contribution < 1.29 is 28.6 Å². The van der Waals surface area contributed by atoms with Crippen LogP contribution in [0.4, 0.5) is 4.39 Å². The predicted octanol–water partition coefficient (Wildman–Crippen LogP) is 0.617. The molecule has 110 valence electrons. The number of ether oxygens (including phenoxy) is 2. The van der Waals surface area contributed by atoms with Gasteiger partial charge in [-0.3, -0.25) is 4.79 Å². The maximum absolute atomic E-state index is 12.8. The van der Waals surface area contributed by atoms with Gasteiger partial charge < -0.3 is 19.9 Å². The lowest BCUT2D eigenvalue weighted by Gasteiger charge is -2.14. The second-order valence-corrected chi connectivity index (χ2v) is 4.54. The van der Waals surface area contributed by atoms with E-state index >= 15 is 0 Å². The van der Waals surface area contributed by atoms with Crippen molar-refractivity contribution in [2.75, 3.05) is 20.3 Å². The maximum atomic E-state index is 12.8. The van der Waals surface area contributed by atoms with E-state index in [0.717, 1.165) is 7.11 Å². The second kappa shape index (κ2) is 7.81. The maximum Gasteiger partial charge on any atom is 0.330 e. The SMILES string of the molecule is COC(=O)[C@@H](CO)NC(=O)COc1ccc(F)cc1Br. The van der Waals surface area contributed by atoms with Crippen LogP contribution in [-0.4, -0.2) is 43.3 Å². The van der Waals surface area contributed by atoms with Crippen LogP contribution >= 0.6 is 15.9 Å². The molecule has 0 unspecified atom stereocenters. The lowest BCUT2D eigenvalue weighted by Crippen LogP contribution is -2.45. The quantitative estimate of drug-likeness (QED) is 0.735.